The number of aromatic nitrogens is 2. The molecule has 0 spiro atoms. The quantitative estimate of drug-likeness (QED) is 0.717. The normalized spacial score (nSPS) is 9.79. The predicted molar refractivity (Wildman–Crippen MR) is 52.9 cm³/mol. The smallest absolute Gasteiger partial charge is 0.136 e. The summed E-state index contributed by atoms with van der Waals surface area (Å²) in [5.41, 5.74) is 1.70. The van der Waals surface area contributed by atoms with E-state index in [1.54, 1.807) is 31.8 Å². The summed E-state index contributed by atoms with van der Waals surface area (Å²) in [5, 5.41) is 0. The molecular formula is C11H9N2O. The number of ether oxygens (including phenoxy) is 1. The maximum atomic E-state index is 5.18. The van der Waals surface area contributed by atoms with E-state index in [1.165, 1.54) is 0 Å². The van der Waals surface area contributed by atoms with Crippen molar-refractivity contribution in [3.05, 3.63) is 42.9 Å². The van der Waals surface area contributed by atoms with Crippen LogP contribution >= 0.6 is 0 Å². The molecule has 0 saturated heterocycles. The van der Waals surface area contributed by atoms with E-state index in [0.29, 0.717) is 5.75 Å². The summed E-state index contributed by atoms with van der Waals surface area (Å²) < 4.78 is 5.18. The zero-order valence-electron chi connectivity index (χ0n) is 7.77. The number of para-hydroxylation sites is 1. The lowest BCUT2D eigenvalue weighted by atomic mass is 10.1. The summed E-state index contributed by atoms with van der Waals surface area (Å²) in [5.74, 6) is 0.688. The van der Waals surface area contributed by atoms with Gasteiger partial charge in [-0.2, -0.15) is 0 Å². The van der Waals surface area contributed by atoms with Crippen LogP contribution in [-0.2, 0) is 0 Å². The van der Waals surface area contributed by atoms with Crippen LogP contribution < -0.4 is 4.74 Å². The Morgan fingerprint density at radius 3 is 3.00 bits per heavy atom. The minimum absolute atomic E-state index is 0.688. The highest BCUT2D eigenvalue weighted by Gasteiger charge is 2.04. The van der Waals surface area contributed by atoms with Crippen LogP contribution in [0, 0.1) is 6.07 Å². The summed E-state index contributed by atoms with van der Waals surface area (Å²) in [6.45, 7) is 0. The molecule has 1 heterocycles. The van der Waals surface area contributed by atoms with Gasteiger partial charge in [0.1, 0.15) is 5.75 Å². The number of methoxy groups -OCH3 is 1. The van der Waals surface area contributed by atoms with Crippen molar-refractivity contribution in [3.63, 3.8) is 0 Å². The Balaban J connectivity index is 2.51. The molecule has 1 aromatic carbocycles. The van der Waals surface area contributed by atoms with E-state index in [1.807, 2.05) is 12.1 Å². The van der Waals surface area contributed by atoms with E-state index < -0.39 is 0 Å². The molecule has 14 heavy (non-hydrogen) atoms. The second kappa shape index (κ2) is 3.87. The van der Waals surface area contributed by atoms with E-state index in [2.05, 4.69) is 16.0 Å². The molecule has 0 bridgehead atoms. The Kier molecular flexibility index (Phi) is 2.40. The second-order valence-corrected chi connectivity index (χ2v) is 2.71. The van der Waals surface area contributed by atoms with Crippen molar-refractivity contribution in [1.82, 2.24) is 9.97 Å². The fourth-order valence-corrected chi connectivity index (χ4v) is 1.23. The predicted octanol–water partition coefficient (Wildman–Crippen LogP) is 1.95. The molecule has 1 radical (unpaired) electrons. The molecule has 0 amide bonds. The molecule has 0 aliphatic heterocycles. The van der Waals surface area contributed by atoms with Gasteiger partial charge in [-0.3, -0.25) is 9.97 Å². The van der Waals surface area contributed by atoms with Crippen molar-refractivity contribution in [2.45, 2.75) is 0 Å². The SMILES string of the molecule is COc1[c]cccc1-c1cnccn1. The maximum Gasteiger partial charge on any atom is 0.136 e. The Morgan fingerprint density at radius 1 is 1.36 bits per heavy atom. The first-order valence-electron chi connectivity index (χ1n) is 4.23. The standard InChI is InChI=1S/C11H9N2O/c1-14-11-5-3-2-4-9(11)10-8-12-6-7-13-10/h2-4,6-8H,1H3. The fraction of sp³-hybridized carbons (Fsp3) is 0.0909. The molecule has 1 aromatic heterocycles. The summed E-state index contributed by atoms with van der Waals surface area (Å²) >= 11 is 0. The highest BCUT2D eigenvalue weighted by atomic mass is 16.5. The minimum atomic E-state index is 0.688. The van der Waals surface area contributed by atoms with E-state index in [-0.39, 0.29) is 0 Å². The van der Waals surface area contributed by atoms with Crippen LogP contribution in [-0.4, -0.2) is 17.1 Å². The first kappa shape index (κ1) is 8.69. The number of hydrogen-bond acceptors (Lipinski definition) is 3. The van der Waals surface area contributed by atoms with Crippen molar-refractivity contribution in [1.29, 1.82) is 0 Å². The van der Waals surface area contributed by atoms with Gasteiger partial charge in [-0.1, -0.05) is 12.1 Å². The molecule has 2 aromatic rings. The van der Waals surface area contributed by atoms with E-state index in [0.717, 1.165) is 11.3 Å². The zero-order chi connectivity index (χ0) is 9.80. The molecule has 69 valence electrons. The lowest BCUT2D eigenvalue weighted by Gasteiger charge is -2.05. The Bertz CT molecular complexity index is 415. The van der Waals surface area contributed by atoms with Gasteiger partial charge >= 0.3 is 0 Å². The average molecular weight is 185 g/mol. The Hall–Kier alpha value is -1.90. The maximum absolute atomic E-state index is 5.18. The number of nitrogens with zero attached hydrogens (tertiary/aromatic N) is 2. The highest BCUT2D eigenvalue weighted by Crippen LogP contribution is 2.26. The van der Waals surface area contributed by atoms with Gasteiger partial charge in [-0.25, -0.2) is 0 Å². The van der Waals surface area contributed by atoms with E-state index in [4.69, 9.17) is 4.74 Å². The first-order chi connectivity index (χ1) is 6.92. The number of hydrogen-bond donors (Lipinski definition) is 0. The molecular weight excluding hydrogens is 176 g/mol. The first-order valence-corrected chi connectivity index (χ1v) is 4.23. The van der Waals surface area contributed by atoms with Crippen molar-refractivity contribution >= 4 is 0 Å². The fourth-order valence-electron chi connectivity index (χ4n) is 1.23. The van der Waals surface area contributed by atoms with E-state index >= 15 is 0 Å². The molecule has 3 heteroatoms. The van der Waals surface area contributed by atoms with Gasteiger partial charge in [0.2, 0.25) is 0 Å². The minimum Gasteiger partial charge on any atom is -0.495 e. The van der Waals surface area contributed by atoms with Gasteiger partial charge in [-0.05, 0) is 6.07 Å². The average Bonchev–Trinajstić information content (AvgIpc) is 2.30. The van der Waals surface area contributed by atoms with Gasteiger partial charge in [0.05, 0.1) is 19.0 Å². The zero-order valence-corrected chi connectivity index (χ0v) is 7.77. The summed E-state index contributed by atoms with van der Waals surface area (Å²) in [7, 11) is 1.62. The van der Waals surface area contributed by atoms with Gasteiger partial charge in [-0.15, -0.1) is 0 Å². The lowest BCUT2D eigenvalue weighted by Crippen LogP contribution is -1.90. The monoisotopic (exact) mass is 185 g/mol. The molecule has 0 aliphatic rings. The molecule has 0 unspecified atom stereocenters. The van der Waals surface area contributed by atoms with Crippen LogP contribution in [0.25, 0.3) is 11.3 Å². The molecule has 0 fully saturated rings. The third kappa shape index (κ3) is 1.57. The van der Waals surface area contributed by atoms with Crippen LogP contribution in [0.3, 0.4) is 0 Å². The summed E-state index contributed by atoms with van der Waals surface area (Å²) in [4.78, 5) is 8.20. The third-order valence-electron chi connectivity index (χ3n) is 1.86. The summed E-state index contributed by atoms with van der Waals surface area (Å²) in [6.07, 6.45) is 5.00. The van der Waals surface area contributed by atoms with Crippen molar-refractivity contribution in [3.8, 4) is 17.0 Å². The van der Waals surface area contributed by atoms with Crippen molar-refractivity contribution < 1.29 is 4.74 Å². The van der Waals surface area contributed by atoms with Gasteiger partial charge in [0.15, 0.2) is 0 Å². The third-order valence-corrected chi connectivity index (χ3v) is 1.86. The van der Waals surface area contributed by atoms with Crippen molar-refractivity contribution in [2.24, 2.45) is 0 Å². The van der Waals surface area contributed by atoms with Gasteiger partial charge < -0.3 is 4.74 Å². The Morgan fingerprint density at radius 2 is 2.29 bits per heavy atom. The topological polar surface area (TPSA) is 35.0 Å². The van der Waals surface area contributed by atoms with Crippen LogP contribution in [0.1, 0.15) is 0 Å². The van der Waals surface area contributed by atoms with E-state index in [9.17, 15) is 0 Å². The number of benzene rings is 1. The van der Waals surface area contributed by atoms with Crippen LogP contribution in [0.4, 0.5) is 0 Å². The largest absolute Gasteiger partial charge is 0.495 e. The summed E-state index contributed by atoms with van der Waals surface area (Å²) in [6, 6.07) is 8.62. The van der Waals surface area contributed by atoms with Gasteiger partial charge in [0, 0.05) is 24.0 Å². The van der Waals surface area contributed by atoms with Crippen molar-refractivity contribution in [2.75, 3.05) is 7.11 Å². The molecule has 0 aliphatic carbocycles. The molecule has 0 atom stereocenters. The van der Waals surface area contributed by atoms with Crippen LogP contribution in [0.2, 0.25) is 0 Å². The molecule has 0 saturated carbocycles. The number of rotatable bonds is 2. The molecule has 2 rings (SSSR count). The molecule has 3 nitrogen and oxygen atoms in total. The van der Waals surface area contributed by atoms with Crippen LogP contribution in [0.5, 0.6) is 5.75 Å². The Labute approximate surface area is 82.4 Å². The molecule has 0 N–H and O–H groups in total. The van der Waals surface area contributed by atoms with Gasteiger partial charge in [0.25, 0.3) is 0 Å². The van der Waals surface area contributed by atoms with Crippen LogP contribution in [0.15, 0.2) is 36.8 Å². The highest BCUT2D eigenvalue weighted by molar-refractivity contribution is 5.65. The second-order valence-electron chi connectivity index (χ2n) is 2.71. The lowest BCUT2D eigenvalue weighted by molar-refractivity contribution is 0.415.